The van der Waals surface area contributed by atoms with E-state index in [1.807, 2.05) is 0 Å². The molecule has 0 amide bonds. The van der Waals surface area contributed by atoms with E-state index < -0.39 is 24.4 Å². The van der Waals surface area contributed by atoms with Gasteiger partial charge in [0.2, 0.25) is 0 Å². The van der Waals surface area contributed by atoms with Crippen LogP contribution >= 0.6 is 0 Å². The van der Waals surface area contributed by atoms with E-state index in [2.05, 4.69) is 27.7 Å². The maximum atomic E-state index is 13.8. The Bertz CT molecular complexity index is 1390. The molecule has 0 aliphatic heterocycles. The van der Waals surface area contributed by atoms with Crippen molar-refractivity contribution in [2.24, 2.45) is 0 Å². The van der Waals surface area contributed by atoms with Gasteiger partial charge in [-0.05, 0) is 25.7 Å². The fourth-order valence-corrected chi connectivity index (χ4v) is 13.1. The van der Waals surface area contributed by atoms with Crippen molar-refractivity contribution in [3.63, 3.8) is 0 Å². The van der Waals surface area contributed by atoms with Crippen LogP contribution in [0.1, 0.15) is 451 Å². The average molecular weight is 1210 g/mol. The lowest BCUT2D eigenvalue weighted by Crippen LogP contribution is -2.53. The van der Waals surface area contributed by atoms with Gasteiger partial charge in [-0.15, -0.1) is 0 Å². The Morgan fingerprint density at radius 1 is 0.209 bits per heavy atom. The highest BCUT2D eigenvalue weighted by Gasteiger charge is 2.46. The zero-order valence-corrected chi connectivity index (χ0v) is 58.2. The van der Waals surface area contributed by atoms with Gasteiger partial charge >= 0.3 is 23.9 Å². The van der Waals surface area contributed by atoms with Gasteiger partial charge in [0.05, 0.1) is 0 Å². The maximum Gasteiger partial charge on any atom is 0.306 e. The minimum absolute atomic E-state index is 0.221. The van der Waals surface area contributed by atoms with Crippen molar-refractivity contribution < 1.29 is 38.1 Å². The van der Waals surface area contributed by atoms with E-state index in [1.54, 1.807) is 0 Å². The molecule has 0 saturated heterocycles. The molecule has 1 fully saturated rings. The zero-order valence-electron chi connectivity index (χ0n) is 58.2. The van der Waals surface area contributed by atoms with E-state index in [1.165, 1.54) is 308 Å². The van der Waals surface area contributed by atoms with Crippen molar-refractivity contribution in [2.45, 2.75) is 476 Å². The van der Waals surface area contributed by atoms with Crippen molar-refractivity contribution in [3.05, 3.63) is 0 Å². The lowest BCUT2D eigenvalue weighted by molar-refractivity contribution is -0.203. The molecular weight excluding hydrogens is 1060 g/mol. The Labute approximate surface area is 535 Å². The molecule has 0 aromatic carbocycles. The van der Waals surface area contributed by atoms with Gasteiger partial charge in [0.1, 0.15) is 18.3 Å². The summed E-state index contributed by atoms with van der Waals surface area (Å²) in [6.07, 6.45) is 73.5. The summed E-state index contributed by atoms with van der Waals surface area (Å²) < 4.78 is 25.0. The number of rotatable bonds is 68. The summed E-state index contributed by atoms with van der Waals surface area (Å²) in [5, 5.41) is 0. The third-order valence-corrected chi connectivity index (χ3v) is 18.8. The van der Waals surface area contributed by atoms with Crippen LogP contribution in [0.4, 0.5) is 0 Å². The van der Waals surface area contributed by atoms with Gasteiger partial charge in [0.25, 0.3) is 0 Å². The molecular formula is C78H148O8. The Hall–Kier alpha value is -2.12. The predicted molar refractivity (Wildman–Crippen MR) is 367 cm³/mol. The van der Waals surface area contributed by atoms with E-state index in [-0.39, 0.29) is 56.0 Å². The molecule has 0 aromatic heterocycles. The van der Waals surface area contributed by atoms with Gasteiger partial charge in [-0.3, -0.25) is 19.2 Å². The lowest BCUT2D eigenvalue weighted by Gasteiger charge is -2.39. The number of ether oxygens (including phenoxy) is 4. The van der Waals surface area contributed by atoms with Gasteiger partial charge in [0, 0.05) is 38.5 Å². The molecule has 508 valence electrons. The van der Waals surface area contributed by atoms with Crippen LogP contribution in [0, 0.1) is 0 Å². The van der Waals surface area contributed by atoms with Crippen LogP contribution < -0.4 is 0 Å². The number of hydrogen-bond acceptors (Lipinski definition) is 8. The number of unbranched alkanes of at least 4 members (excludes halogenated alkanes) is 56. The van der Waals surface area contributed by atoms with Crippen LogP contribution in [0.3, 0.4) is 0 Å². The highest BCUT2D eigenvalue weighted by Crippen LogP contribution is 2.32. The van der Waals surface area contributed by atoms with Gasteiger partial charge < -0.3 is 18.9 Å². The molecule has 0 radical (unpaired) electrons. The minimum Gasteiger partial charge on any atom is -0.462 e. The molecule has 1 aliphatic carbocycles. The second kappa shape index (κ2) is 65.8. The van der Waals surface area contributed by atoms with Crippen molar-refractivity contribution in [2.75, 3.05) is 0 Å². The van der Waals surface area contributed by atoms with Crippen molar-refractivity contribution in [1.29, 1.82) is 0 Å². The first-order valence-electron chi connectivity index (χ1n) is 39.1. The minimum atomic E-state index is -0.945. The van der Waals surface area contributed by atoms with Crippen LogP contribution in [0.2, 0.25) is 0 Å². The standard InChI is InChI=1S/C78H148O8/c1-5-9-13-17-21-25-29-33-37-41-45-49-53-57-61-65-74(79)83-71-69-72(84-75(80)66-62-58-54-50-46-42-38-34-30-26-22-18-14-10-6-2)78(86-77(82)68-64-60-56-52-48-44-40-36-32-28-24-20-16-12-8-4)73(70-71)85-76(81)67-63-59-55-51-47-43-39-35-31-27-23-19-15-11-7-3/h71-73,78H,5-70H2,1-4H3. The fraction of sp³-hybridized carbons (Fsp3) is 0.949. The maximum absolute atomic E-state index is 13.8. The summed E-state index contributed by atoms with van der Waals surface area (Å²) >= 11 is 0. The molecule has 8 nitrogen and oxygen atoms in total. The van der Waals surface area contributed by atoms with E-state index in [9.17, 15) is 19.2 Å². The Morgan fingerprint density at radius 2 is 0.360 bits per heavy atom. The molecule has 0 heterocycles. The van der Waals surface area contributed by atoms with E-state index in [0.717, 1.165) is 77.0 Å². The molecule has 1 aliphatic rings. The van der Waals surface area contributed by atoms with Gasteiger partial charge in [-0.25, -0.2) is 0 Å². The van der Waals surface area contributed by atoms with Crippen LogP contribution in [-0.2, 0) is 38.1 Å². The predicted octanol–water partition coefficient (Wildman–Crippen LogP) is 25.5. The highest BCUT2D eigenvalue weighted by molar-refractivity contribution is 5.72. The second-order valence-electron chi connectivity index (χ2n) is 27.4. The molecule has 0 bridgehead atoms. The lowest BCUT2D eigenvalue weighted by atomic mass is 9.88. The number of hydrogen-bond donors (Lipinski definition) is 0. The molecule has 0 aromatic rings. The quantitative estimate of drug-likeness (QED) is 0.0337. The van der Waals surface area contributed by atoms with Crippen LogP contribution in [-0.4, -0.2) is 48.3 Å². The summed E-state index contributed by atoms with van der Waals surface area (Å²) in [7, 11) is 0. The normalized spacial score (nSPS) is 16.0. The first-order chi connectivity index (χ1) is 42.3. The first-order valence-corrected chi connectivity index (χ1v) is 39.1. The Morgan fingerprint density at radius 3 is 0.547 bits per heavy atom. The second-order valence-corrected chi connectivity index (χ2v) is 27.4. The summed E-state index contributed by atoms with van der Waals surface area (Å²) in [5.74, 6) is -1.28. The monoisotopic (exact) mass is 1210 g/mol. The summed E-state index contributed by atoms with van der Waals surface area (Å²) in [6, 6.07) is 0. The van der Waals surface area contributed by atoms with Gasteiger partial charge in [-0.1, -0.05) is 387 Å². The number of carbonyl (C=O) groups excluding carboxylic acids is 4. The van der Waals surface area contributed by atoms with Crippen LogP contribution in [0.5, 0.6) is 0 Å². The van der Waals surface area contributed by atoms with Crippen LogP contribution in [0.15, 0.2) is 0 Å². The summed E-state index contributed by atoms with van der Waals surface area (Å²) in [6.45, 7) is 9.11. The smallest absolute Gasteiger partial charge is 0.306 e. The Balaban J connectivity index is 2.86. The van der Waals surface area contributed by atoms with E-state index in [0.29, 0.717) is 6.42 Å². The number of carbonyl (C=O) groups is 4. The van der Waals surface area contributed by atoms with Crippen LogP contribution in [0.25, 0.3) is 0 Å². The molecule has 2 unspecified atom stereocenters. The van der Waals surface area contributed by atoms with Crippen molar-refractivity contribution >= 4 is 23.9 Å². The third kappa shape index (κ3) is 55.9. The summed E-state index contributed by atoms with van der Waals surface area (Å²) in [5.41, 5.74) is 0. The topological polar surface area (TPSA) is 105 Å². The first kappa shape index (κ1) is 81.9. The average Bonchev–Trinajstić information content (AvgIpc) is 2.48. The van der Waals surface area contributed by atoms with Crippen molar-refractivity contribution in [1.82, 2.24) is 0 Å². The SMILES string of the molecule is CCCCCCCCCCCCCCCCCC(=O)OC1CC(OC(=O)CCCCCCCCCCCCCCCCC)C(OC(=O)CCCCCCCCCCCCCCCCC)C(OC(=O)CCCCCCCCCCCCCCCCC)C1. The highest BCUT2D eigenvalue weighted by atomic mass is 16.6. The van der Waals surface area contributed by atoms with E-state index >= 15 is 0 Å². The van der Waals surface area contributed by atoms with E-state index in [4.69, 9.17) is 18.9 Å². The third-order valence-electron chi connectivity index (χ3n) is 18.8. The zero-order chi connectivity index (χ0) is 62.1. The van der Waals surface area contributed by atoms with Gasteiger partial charge in [0.15, 0.2) is 6.10 Å². The summed E-state index contributed by atoms with van der Waals surface area (Å²) in [4.78, 5) is 54.7. The number of esters is 4. The fourth-order valence-electron chi connectivity index (χ4n) is 13.1. The van der Waals surface area contributed by atoms with Crippen molar-refractivity contribution in [3.8, 4) is 0 Å². The largest absolute Gasteiger partial charge is 0.462 e. The molecule has 1 saturated carbocycles. The molecule has 1 rings (SSSR count). The Kier molecular flexibility index (Phi) is 62.7. The molecule has 0 N–H and O–H groups in total. The van der Waals surface area contributed by atoms with Gasteiger partial charge in [-0.2, -0.15) is 0 Å². The molecule has 2 atom stereocenters. The molecule has 86 heavy (non-hydrogen) atoms. The molecule has 0 spiro atoms. The molecule has 8 heteroatoms.